The highest BCUT2D eigenvalue weighted by molar-refractivity contribution is 6.32. The first kappa shape index (κ1) is 22.1. The monoisotopic (exact) mass is 464 g/mol. The lowest BCUT2D eigenvalue weighted by atomic mass is 10.2. The Balaban J connectivity index is 1.36. The van der Waals surface area contributed by atoms with Crippen LogP contribution in [0, 0.1) is 6.92 Å². The summed E-state index contributed by atoms with van der Waals surface area (Å²) in [6, 6.07) is 15.5. The van der Waals surface area contributed by atoms with Gasteiger partial charge in [0.2, 0.25) is 0 Å². The topological polar surface area (TPSA) is 103 Å². The van der Waals surface area contributed by atoms with Gasteiger partial charge in [-0.25, -0.2) is 4.68 Å². The minimum atomic E-state index is -0.393. The van der Waals surface area contributed by atoms with Crippen LogP contribution in [-0.4, -0.2) is 31.4 Å². The van der Waals surface area contributed by atoms with Crippen molar-refractivity contribution >= 4 is 34.8 Å². The number of nitrogens with one attached hydrogen (secondary N) is 2. The molecule has 0 atom stereocenters. The van der Waals surface area contributed by atoms with Gasteiger partial charge in [0.25, 0.3) is 11.8 Å². The van der Waals surface area contributed by atoms with Gasteiger partial charge in [-0.2, -0.15) is 10.2 Å². The molecule has 10 heteroatoms. The third-order valence-electron chi connectivity index (χ3n) is 4.64. The van der Waals surface area contributed by atoms with E-state index in [1.807, 2.05) is 19.1 Å². The van der Waals surface area contributed by atoms with Gasteiger partial charge >= 0.3 is 0 Å². The first-order chi connectivity index (χ1) is 15.9. The summed E-state index contributed by atoms with van der Waals surface area (Å²) in [5, 5.41) is 14.3. The Morgan fingerprint density at radius 1 is 0.939 bits per heavy atom. The lowest BCUT2D eigenvalue weighted by Crippen LogP contribution is -2.15. The summed E-state index contributed by atoms with van der Waals surface area (Å²) >= 11 is 6.14. The van der Waals surface area contributed by atoms with Crippen molar-refractivity contribution in [1.29, 1.82) is 0 Å². The molecule has 2 aromatic heterocycles. The standard InChI is InChI=1S/C23H21ClN6O3/c1-15-6-7-18(24)21(12-15)33-14-30-11-9-20(28-30)23(32)26-17-5-3-4-16(13-17)25-22(31)19-8-10-29(2)27-19/h3-13H,14H2,1-2H3,(H,25,31)(H,26,32). The molecule has 2 heterocycles. The predicted molar refractivity (Wildman–Crippen MR) is 125 cm³/mol. The molecule has 33 heavy (non-hydrogen) atoms. The van der Waals surface area contributed by atoms with Crippen LogP contribution in [0.4, 0.5) is 11.4 Å². The first-order valence-corrected chi connectivity index (χ1v) is 10.4. The van der Waals surface area contributed by atoms with E-state index in [9.17, 15) is 9.59 Å². The SMILES string of the molecule is Cc1ccc(Cl)c(OCn2ccc(C(=O)Nc3cccc(NC(=O)c4ccn(C)n4)c3)n2)c1. The Bertz CT molecular complexity index is 1310. The number of aromatic nitrogens is 4. The van der Waals surface area contributed by atoms with Gasteiger partial charge in [-0.15, -0.1) is 0 Å². The van der Waals surface area contributed by atoms with Gasteiger partial charge < -0.3 is 15.4 Å². The second-order valence-corrected chi connectivity index (χ2v) is 7.72. The van der Waals surface area contributed by atoms with E-state index in [0.717, 1.165) is 5.56 Å². The molecular formula is C23H21ClN6O3. The molecule has 0 bridgehead atoms. The van der Waals surface area contributed by atoms with Crippen molar-refractivity contribution in [3.63, 3.8) is 0 Å². The van der Waals surface area contributed by atoms with E-state index in [0.29, 0.717) is 27.8 Å². The second-order valence-electron chi connectivity index (χ2n) is 7.31. The van der Waals surface area contributed by atoms with E-state index >= 15 is 0 Å². The molecular weight excluding hydrogens is 444 g/mol. The molecule has 2 N–H and O–H groups in total. The van der Waals surface area contributed by atoms with Crippen molar-refractivity contribution in [2.24, 2.45) is 7.05 Å². The molecule has 0 aliphatic heterocycles. The Morgan fingerprint density at radius 3 is 2.27 bits per heavy atom. The van der Waals surface area contributed by atoms with Crippen molar-refractivity contribution in [3.05, 3.63) is 89.0 Å². The van der Waals surface area contributed by atoms with E-state index < -0.39 is 5.91 Å². The average molecular weight is 465 g/mol. The summed E-state index contributed by atoms with van der Waals surface area (Å²) < 4.78 is 8.74. The fourth-order valence-electron chi connectivity index (χ4n) is 3.01. The highest BCUT2D eigenvalue weighted by atomic mass is 35.5. The lowest BCUT2D eigenvalue weighted by molar-refractivity contribution is 0.101. The summed E-state index contributed by atoms with van der Waals surface area (Å²) in [5.74, 6) is -0.190. The maximum absolute atomic E-state index is 12.6. The van der Waals surface area contributed by atoms with Crippen LogP contribution >= 0.6 is 11.6 Å². The summed E-state index contributed by atoms with van der Waals surface area (Å²) in [6.07, 6.45) is 3.33. The van der Waals surface area contributed by atoms with Crippen LogP contribution in [0.15, 0.2) is 67.0 Å². The minimum Gasteiger partial charge on any atom is -0.470 e. The van der Waals surface area contributed by atoms with Gasteiger partial charge in [0.05, 0.1) is 5.02 Å². The molecule has 0 aliphatic carbocycles. The largest absolute Gasteiger partial charge is 0.470 e. The summed E-state index contributed by atoms with van der Waals surface area (Å²) in [6.45, 7) is 2.05. The minimum absolute atomic E-state index is 0.103. The number of hydrogen-bond acceptors (Lipinski definition) is 5. The third kappa shape index (κ3) is 5.58. The normalized spacial score (nSPS) is 10.6. The van der Waals surface area contributed by atoms with E-state index in [1.54, 1.807) is 66.6 Å². The van der Waals surface area contributed by atoms with Crippen molar-refractivity contribution in [1.82, 2.24) is 19.6 Å². The highest BCUT2D eigenvalue weighted by Gasteiger charge is 2.13. The Hall–Kier alpha value is -4.11. The number of anilines is 2. The number of carbonyl (C=O) groups excluding carboxylic acids is 2. The number of hydrogen-bond donors (Lipinski definition) is 2. The van der Waals surface area contributed by atoms with Gasteiger partial charge in [-0.05, 0) is 55.0 Å². The maximum Gasteiger partial charge on any atom is 0.276 e. The van der Waals surface area contributed by atoms with Gasteiger partial charge in [-0.3, -0.25) is 14.3 Å². The van der Waals surface area contributed by atoms with Crippen LogP contribution in [-0.2, 0) is 13.8 Å². The zero-order chi connectivity index (χ0) is 23.4. The number of nitrogens with zero attached hydrogens (tertiary/aromatic N) is 4. The molecule has 0 aliphatic rings. The molecule has 2 aromatic carbocycles. The molecule has 0 unspecified atom stereocenters. The molecule has 9 nitrogen and oxygen atoms in total. The molecule has 0 saturated carbocycles. The average Bonchev–Trinajstić information content (AvgIpc) is 3.44. The maximum atomic E-state index is 12.6. The predicted octanol–water partition coefficient (Wildman–Crippen LogP) is 4.12. The molecule has 0 saturated heterocycles. The molecule has 4 rings (SSSR count). The van der Waals surface area contributed by atoms with Gasteiger partial charge in [0.15, 0.2) is 18.1 Å². The summed E-state index contributed by atoms with van der Waals surface area (Å²) in [7, 11) is 1.73. The quantitative estimate of drug-likeness (QED) is 0.428. The van der Waals surface area contributed by atoms with Crippen LogP contribution in [0.5, 0.6) is 5.75 Å². The lowest BCUT2D eigenvalue weighted by Gasteiger charge is -2.09. The van der Waals surface area contributed by atoms with Crippen molar-refractivity contribution in [3.8, 4) is 5.75 Å². The van der Waals surface area contributed by atoms with E-state index in [-0.39, 0.29) is 18.3 Å². The highest BCUT2D eigenvalue weighted by Crippen LogP contribution is 2.25. The third-order valence-corrected chi connectivity index (χ3v) is 4.95. The summed E-state index contributed by atoms with van der Waals surface area (Å²) in [4.78, 5) is 24.9. The first-order valence-electron chi connectivity index (χ1n) is 10.0. The van der Waals surface area contributed by atoms with Crippen LogP contribution < -0.4 is 15.4 Å². The summed E-state index contributed by atoms with van der Waals surface area (Å²) in [5.41, 5.74) is 2.57. The van der Waals surface area contributed by atoms with Crippen LogP contribution in [0.25, 0.3) is 0 Å². The molecule has 0 radical (unpaired) electrons. The van der Waals surface area contributed by atoms with E-state index in [2.05, 4.69) is 20.8 Å². The Kier molecular flexibility index (Phi) is 6.41. The second kappa shape index (κ2) is 9.58. The van der Waals surface area contributed by atoms with Crippen molar-refractivity contribution < 1.29 is 14.3 Å². The van der Waals surface area contributed by atoms with Gasteiger partial charge in [-0.1, -0.05) is 23.7 Å². The number of halogens is 1. The zero-order valence-electron chi connectivity index (χ0n) is 17.9. The van der Waals surface area contributed by atoms with Crippen molar-refractivity contribution in [2.45, 2.75) is 13.7 Å². The fraction of sp³-hybridized carbons (Fsp3) is 0.130. The molecule has 0 fully saturated rings. The number of amides is 2. The van der Waals surface area contributed by atoms with Crippen molar-refractivity contribution in [2.75, 3.05) is 10.6 Å². The van der Waals surface area contributed by atoms with Crippen LogP contribution in [0.2, 0.25) is 5.02 Å². The van der Waals surface area contributed by atoms with Crippen LogP contribution in [0.1, 0.15) is 26.5 Å². The molecule has 168 valence electrons. The number of ether oxygens (including phenoxy) is 1. The van der Waals surface area contributed by atoms with E-state index in [1.165, 1.54) is 4.68 Å². The van der Waals surface area contributed by atoms with E-state index in [4.69, 9.17) is 16.3 Å². The number of rotatable bonds is 7. The van der Waals surface area contributed by atoms with Gasteiger partial charge in [0.1, 0.15) is 5.75 Å². The molecule has 0 spiro atoms. The van der Waals surface area contributed by atoms with Crippen LogP contribution in [0.3, 0.4) is 0 Å². The number of benzene rings is 2. The smallest absolute Gasteiger partial charge is 0.276 e. The Morgan fingerprint density at radius 2 is 1.61 bits per heavy atom. The zero-order valence-corrected chi connectivity index (χ0v) is 18.7. The molecule has 4 aromatic rings. The number of aryl methyl sites for hydroxylation is 2. The Labute approximate surface area is 194 Å². The number of carbonyl (C=O) groups is 2. The fourth-order valence-corrected chi connectivity index (χ4v) is 3.18. The molecule has 2 amide bonds. The van der Waals surface area contributed by atoms with Gasteiger partial charge in [0, 0.05) is 30.8 Å².